The number of ether oxygens (including phenoxy) is 1. The van der Waals surface area contributed by atoms with Gasteiger partial charge in [0.15, 0.2) is 6.61 Å². The van der Waals surface area contributed by atoms with Gasteiger partial charge in [0.05, 0.1) is 17.9 Å². The van der Waals surface area contributed by atoms with Gasteiger partial charge in [-0.25, -0.2) is 8.78 Å². The molecule has 0 saturated heterocycles. The fourth-order valence-corrected chi connectivity index (χ4v) is 2.94. The topological polar surface area (TPSA) is 51.2 Å². The maximum atomic E-state index is 13.3. The number of carbonyl (C=O) groups is 1. The van der Waals surface area contributed by atoms with Gasteiger partial charge in [-0.2, -0.15) is 13.2 Å². The number of amides is 1. The molecular weight excluding hydrogens is 383 g/mol. The Bertz CT molecular complexity index is 834. The second kappa shape index (κ2) is 7.73. The number of benzene rings is 1. The van der Waals surface area contributed by atoms with Crippen LogP contribution in [0, 0.1) is 17.6 Å². The Morgan fingerprint density at radius 1 is 1.25 bits per heavy atom. The molecule has 150 valence electrons. The first-order valence-corrected chi connectivity index (χ1v) is 8.54. The van der Waals surface area contributed by atoms with Crippen LogP contribution in [0.2, 0.25) is 0 Å². The maximum Gasteiger partial charge on any atom is 0.422 e. The number of aromatic nitrogens is 1. The van der Waals surface area contributed by atoms with Crippen molar-refractivity contribution in [3.8, 4) is 5.75 Å². The summed E-state index contributed by atoms with van der Waals surface area (Å²) in [5.41, 5.74) is 0.885. The van der Waals surface area contributed by atoms with Crippen LogP contribution in [0.15, 0.2) is 36.5 Å². The lowest BCUT2D eigenvalue weighted by molar-refractivity contribution is -0.153. The summed E-state index contributed by atoms with van der Waals surface area (Å²) in [4.78, 5) is 16.4. The fraction of sp³-hybridized carbons (Fsp3) is 0.368. The first kappa shape index (κ1) is 20.0. The van der Waals surface area contributed by atoms with E-state index in [1.54, 1.807) is 6.92 Å². The second-order valence-electron chi connectivity index (χ2n) is 6.70. The van der Waals surface area contributed by atoms with Crippen LogP contribution in [-0.2, 0) is 4.79 Å². The summed E-state index contributed by atoms with van der Waals surface area (Å²) in [5, 5.41) is 2.75. The average molecular weight is 400 g/mol. The molecule has 1 amide bonds. The molecule has 3 rings (SSSR count). The van der Waals surface area contributed by atoms with E-state index >= 15 is 0 Å². The number of hydrogen-bond donors (Lipinski definition) is 1. The zero-order valence-corrected chi connectivity index (χ0v) is 14.8. The van der Waals surface area contributed by atoms with Crippen LogP contribution in [0.4, 0.5) is 22.0 Å². The lowest BCUT2D eigenvalue weighted by Gasteiger charge is -2.14. The quantitative estimate of drug-likeness (QED) is 0.737. The lowest BCUT2D eigenvalue weighted by atomic mass is 10.1. The molecule has 1 aromatic heterocycles. The molecule has 0 unspecified atom stereocenters. The molecule has 3 atom stereocenters. The largest absolute Gasteiger partial charge is 0.483 e. The van der Waals surface area contributed by atoms with Crippen LogP contribution in [0.25, 0.3) is 0 Å². The summed E-state index contributed by atoms with van der Waals surface area (Å²) in [6.07, 6.45) is -2.80. The minimum absolute atomic E-state index is 0.0324. The van der Waals surface area contributed by atoms with Gasteiger partial charge >= 0.3 is 6.18 Å². The Balaban J connectivity index is 1.55. The molecule has 1 aliphatic carbocycles. The van der Waals surface area contributed by atoms with Gasteiger partial charge in [0.25, 0.3) is 0 Å². The van der Waals surface area contributed by atoms with E-state index in [1.807, 2.05) is 0 Å². The molecule has 0 aliphatic heterocycles. The van der Waals surface area contributed by atoms with Crippen molar-refractivity contribution in [3.63, 3.8) is 0 Å². The normalized spacial score (nSPS) is 19.8. The molecule has 1 N–H and O–H groups in total. The van der Waals surface area contributed by atoms with Crippen LogP contribution in [0.1, 0.15) is 36.6 Å². The van der Waals surface area contributed by atoms with E-state index < -0.39 is 36.4 Å². The first-order chi connectivity index (χ1) is 13.1. The Morgan fingerprint density at radius 3 is 2.50 bits per heavy atom. The molecule has 1 heterocycles. The molecule has 1 saturated carbocycles. The Kier molecular flexibility index (Phi) is 5.53. The molecule has 1 aliphatic rings. The van der Waals surface area contributed by atoms with Crippen molar-refractivity contribution in [2.75, 3.05) is 6.61 Å². The molecule has 2 aromatic rings. The molecule has 0 spiro atoms. The Morgan fingerprint density at radius 2 is 1.93 bits per heavy atom. The van der Waals surface area contributed by atoms with Gasteiger partial charge in [-0.3, -0.25) is 9.78 Å². The highest BCUT2D eigenvalue weighted by atomic mass is 19.4. The third-order valence-electron chi connectivity index (χ3n) is 4.40. The number of pyridine rings is 1. The van der Waals surface area contributed by atoms with E-state index in [-0.39, 0.29) is 17.6 Å². The molecule has 1 fully saturated rings. The minimum atomic E-state index is -4.44. The van der Waals surface area contributed by atoms with Crippen LogP contribution < -0.4 is 10.1 Å². The van der Waals surface area contributed by atoms with Crippen LogP contribution in [0.5, 0.6) is 5.75 Å². The van der Waals surface area contributed by atoms with Crippen molar-refractivity contribution < 1.29 is 31.5 Å². The molecule has 0 bridgehead atoms. The van der Waals surface area contributed by atoms with Crippen LogP contribution >= 0.6 is 0 Å². The predicted molar refractivity (Wildman–Crippen MR) is 89.6 cm³/mol. The van der Waals surface area contributed by atoms with Gasteiger partial charge < -0.3 is 10.1 Å². The molecule has 28 heavy (non-hydrogen) atoms. The number of nitrogens with one attached hydrogen (secondary N) is 1. The maximum absolute atomic E-state index is 13.3. The van der Waals surface area contributed by atoms with E-state index in [9.17, 15) is 26.7 Å². The number of carbonyl (C=O) groups excluding carboxylic acids is 1. The number of alkyl halides is 3. The standard InChI is InChI=1S/C19H17F5N2O2/c1-10(17-3-2-14(8-25-17)28-9-19(22,23)24)26-18(27)16-7-15(16)11-4-12(20)6-13(21)5-11/h2-6,8,10,15-16H,7,9H2,1H3,(H,26,27)/t10-,15-,16+/m1/s1. The summed E-state index contributed by atoms with van der Waals surface area (Å²) in [6, 6.07) is 5.51. The average Bonchev–Trinajstić information content (AvgIpc) is 3.40. The van der Waals surface area contributed by atoms with Crippen molar-refractivity contribution in [1.29, 1.82) is 0 Å². The van der Waals surface area contributed by atoms with E-state index in [0.717, 1.165) is 12.3 Å². The van der Waals surface area contributed by atoms with E-state index in [2.05, 4.69) is 15.0 Å². The van der Waals surface area contributed by atoms with Crippen molar-refractivity contribution in [2.24, 2.45) is 5.92 Å². The number of halogens is 5. The van der Waals surface area contributed by atoms with Crippen molar-refractivity contribution in [2.45, 2.75) is 31.5 Å². The van der Waals surface area contributed by atoms with Gasteiger partial charge in [-0.15, -0.1) is 0 Å². The van der Waals surface area contributed by atoms with Crippen LogP contribution in [0.3, 0.4) is 0 Å². The summed E-state index contributed by atoms with van der Waals surface area (Å²) in [5.74, 6) is -2.32. The number of rotatable bonds is 6. The van der Waals surface area contributed by atoms with Crippen molar-refractivity contribution in [1.82, 2.24) is 10.3 Å². The third kappa shape index (κ3) is 5.17. The first-order valence-electron chi connectivity index (χ1n) is 8.54. The van der Waals surface area contributed by atoms with E-state index in [1.165, 1.54) is 24.3 Å². The van der Waals surface area contributed by atoms with Crippen molar-refractivity contribution >= 4 is 5.91 Å². The summed E-state index contributed by atoms with van der Waals surface area (Å²) in [7, 11) is 0. The highest BCUT2D eigenvalue weighted by Gasteiger charge is 2.44. The van der Waals surface area contributed by atoms with E-state index in [0.29, 0.717) is 17.7 Å². The molecular formula is C19H17F5N2O2. The lowest BCUT2D eigenvalue weighted by Crippen LogP contribution is -2.29. The molecule has 0 radical (unpaired) electrons. The summed E-state index contributed by atoms with van der Waals surface area (Å²) >= 11 is 0. The summed E-state index contributed by atoms with van der Waals surface area (Å²) in [6.45, 7) is 0.264. The highest BCUT2D eigenvalue weighted by Crippen LogP contribution is 2.48. The number of hydrogen-bond acceptors (Lipinski definition) is 3. The second-order valence-corrected chi connectivity index (χ2v) is 6.70. The van der Waals surface area contributed by atoms with Gasteiger partial charge in [-0.05, 0) is 49.1 Å². The highest BCUT2D eigenvalue weighted by molar-refractivity contribution is 5.83. The monoisotopic (exact) mass is 400 g/mol. The smallest absolute Gasteiger partial charge is 0.422 e. The van der Waals surface area contributed by atoms with Gasteiger partial charge in [0.2, 0.25) is 5.91 Å². The molecule has 1 aromatic carbocycles. The van der Waals surface area contributed by atoms with Crippen LogP contribution in [-0.4, -0.2) is 23.7 Å². The summed E-state index contributed by atoms with van der Waals surface area (Å²) < 4.78 is 67.6. The molecule has 9 heteroatoms. The zero-order chi connectivity index (χ0) is 20.5. The van der Waals surface area contributed by atoms with E-state index in [4.69, 9.17) is 0 Å². The van der Waals surface area contributed by atoms with Gasteiger partial charge in [-0.1, -0.05) is 0 Å². The van der Waals surface area contributed by atoms with Gasteiger partial charge in [0, 0.05) is 12.0 Å². The Labute approximate surface area is 157 Å². The SMILES string of the molecule is C[C@@H](NC(=O)[C@H]1C[C@@H]1c1cc(F)cc(F)c1)c1ccc(OCC(F)(F)F)cn1. The fourth-order valence-electron chi connectivity index (χ4n) is 2.94. The van der Waals surface area contributed by atoms with Crippen molar-refractivity contribution in [3.05, 3.63) is 59.4 Å². The zero-order valence-electron chi connectivity index (χ0n) is 14.8. The van der Waals surface area contributed by atoms with Gasteiger partial charge in [0.1, 0.15) is 17.4 Å². The Hall–Kier alpha value is -2.71. The third-order valence-corrected chi connectivity index (χ3v) is 4.40. The predicted octanol–water partition coefficient (Wildman–Crippen LogP) is 4.28. The number of nitrogens with zero attached hydrogens (tertiary/aromatic N) is 1. The molecule has 4 nitrogen and oxygen atoms in total. The minimum Gasteiger partial charge on any atom is -0.483 e.